The Morgan fingerprint density at radius 2 is 1.92 bits per heavy atom. The van der Waals surface area contributed by atoms with Gasteiger partial charge in [0.2, 0.25) is 0 Å². The molecule has 1 unspecified atom stereocenters. The molecule has 0 amide bonds. The second-order valence-electron chi connectivity index (χ2n) is 6.64. The molecular formula is C18H32FIN4. The summed E-state index contributed by atoms with van der Waals surface area (Å²) in [6.45, 7) is 7.71. The first-order chi connectivity index (χ1) is 10.8. The lowest BCUT2D eigenvalue weighted by molar-refractivity contribution is 0.254. The number of nitrogens with one attached hydrogen (secondary N) is 2. The average molecular weight is 450 g/mol. The Bertz CT molecular complexity index is 518. The van der Waals surface area contributed by atoms with E-state index in [1.165, 1.54) is 6.07 Å². The van der Waals surface area contributed by atoms with Crippen LogP contribution in [-0.4, -0.2) is 44.6 Å². The molecule has 0 spiro atoms. The van der Waals surface area contributed by atoms with E-state index in [0.29, 0.717) is 24.1 Å². The predicted molar refractivity (Wildman–Crippen MR) is 112 cm³/mol. The zero-order valence-electron chi connectivity index (χ0n) is 15.7. The molecule has 0 saturated heterocycles. The van der Waals surface area contributed by atoms with Gasteiger partial charge in [-0.2, -0.15) is 0 Å². The first-order valence-corrected chi connectivity index (χ1v) is 8.19. The third-order valence-corrected chi connectivity index (χ3v) is 3.88. The minimum atomic E-state index is -0.168. The number of halogens is 2. The second-order valence-corrected chi connectivity index (χ2v) is 6.64. The van der Waals surface area contributed by atoms with Crippen molar-refractivity contribution in [2.24, 2.45) is 10.9 Å². The molecule has 0 aromatic heterocycles. The summed E-state index contributed by atoms with van der Waals surface area (Å²) >= 11 is 0. The van der Waals surface area contributed by atoms with Crippen molar-refractivity contribution in [3.63, 3.8) is 0 Å². The molecule has 0 aliphatic carbocycles. The molecule has 0 saturated carbocycles. The molecular weight excluding hydrogens is 418 g/mol. The number of rotatable bonds is 7. The maximum atomic E-state index is 13.3. The first kappa shape index (κ1) is 23.1. The summed E-state index contributed by atoms with van der Waals surface area (Å²) in [6, 6.07) is 5.62. The number of likely N-dealkylation sites (N-methyl/N-ethyl adjacent to an activating group) is 1. The van der Waals surface area contributed by atoms with E-state index in [9.17, 15) is 4.39 Å². The van der Waals surface area contributed by atoms with Crippen LogP contribution in [0, 0.1) is 18.7 Å². The van der Waals surface area contributed by atoms with Crippen LogP contribution in [0.2, 0.25) is 0 Å². The van der Waals surface area contributed by atoms with Gasteiger partial charge in [0.15, 0.2) is 5.96 Å². The standard InChI is InChI=1S/C18H31FN4.HI/c1-13(2)9-16(23(5)6)12-22-18(20-4)21-11-15-7-8-17(19)14(3)10-15;/h7-8,10,13,16H,9,11-12H2,1-6H3,(H2,20,21,22);1H. The molecule has 4 nitrogen and oxygen atoms in total. The molecule has 0 radical (unpaired) electrons. The largest absolute Gasteiger partial charge is 0.355 e. The fourth-order valence-electron chi connectivity index (χ4n) is 2.46. The minimum Gasteiger partial charge on any atom is -0.355 e. The van der Waals surface area contributed by atoms with Crippen molar-refractivity contribution in [1.82, 2.24) is 15.5 Å². The Morgan fingerprint density at radius 1 is 1.25 bits per heavy atom. The van der Waals surface area contributed by atoms with Crippen LogP contribution in [0.15, 0.2) is 23.2 Å². The summed E-state index contributed by atoms with van der Waals surface area (Å²) in [7, 11) is 5.97. The normalized spacial score (nSPS) is 13.0. The van der Waals surface area contributed by atoms with Crippen LogP contribution in [0.5, 0.6) is 0 Å². The van der Waals surface area contributed by atoms with Crippen molar-refractivity contribution in [3.05, 3.63) is 35.1 Å². The van der Waals surface area contributed by atoms with Gasteiger partial charge >= 0.3 is 0 Å². The van der Waals surface area contributed by atoms with Crippen LogP contribution in [0.1, 0.15) is 31.4 Å². The number of aliphatic imine (C=N–C) groups is 1. The number of hydrogen-bond donors (Lipinski definition) is 2. The third-order valence-electron chi connectivity index (χ3n) is 3.88. The summed E-state index contributed by atoms with van der Waals surface area (Å²) in [5, 5.41) is 6.65. The van der Waals surface area contributed by atoms with E-state index in [-0.39, 0.29) is 29.8 Å². The van der Waals surface area contributed by atoms with Crippen molar-refractivity contribution in [1.29, 1.82) is 0 Å². The number of benzene rings is 1. The predicted octanol–water partition coefficient (Wildman–Crippen LogP) is 3.39. The van der Waals surface area contributed by atoms with Gasteiger partial charge in [0.1, 0.15) is 5.82 Å². The van der Waals surface area contributed by atoms with Crippen LogP contribution in [-0.2, 0) is 6.54 Å². The maximum Gasteiger partial charge on any atom is 0.191 e. The van der Waals surface area contributed by atoms with E-state index in [2.05, 4.69) is 48.5 Å². The highest BCUT2D eigenvalue weighted by molar-refractivity contribution is 14.0. The van der Waals surface area contributed by atoms with Gasteiger partial charge in [-0.15, -0.1) is 24.0 Å². The van der Waals surface area contributed by atoms with Gasteiger partial charge in [0.25, 0.3) is 0 Å². The topological polar surface area (TPSA) is 39.7 Å². The quantitative estimate of drug-likeness (QED) is 0.380. The Hall–Kier alpha value is -0.890. The van der Waals surface area contributed by atoms with E-state index in [4.69, 9.17) is 0 Å². The molecule has 6 heteroatoms. The van der Waals surface area contributed by atoms with Crippen molar-refractivity contribution in [3.8, 4) is 0 Å². The summed E-state index contributed by atoms with van der Waals surface area (Å²) in [5.74, 6) is 1.25. The van der Waals surface area contributed by atoms with Crippen molar-refractivity contribution < 1.29 is 4.39 Å². The smallest absolute Gasteiger partial charge is 0.191 e. The zero-order valence-corrected chi connectivity index (χ0v) is 18.0. The SMILES string of the molecule is CN=C(NCc1ccc(F)c(C)c1)NCC(CC(C)C)N(C)C.I. The lowest BCUT2D eigenvalue weighted by Gasteiger charge is -2.27. The Morgan fingerprint density at radius 3 is 2.42 bits per heavy atom. The fraction of sp³-hybridized carbons (Fsp3) is 0.611. The van der Waals surface area contributed by atoms with Crippen LogP contribution < -0.4 is 10.6 Å². The monoisotopic (exact) mass is 450 g/mol. The molecule has 0 aliphatic heterocycles. The molecule has 0 aliphatic rings. The number of aryl methyl sites for hydroxylation is 1. The highest BCUT2D eigenvalue weighted by Gasteiger charge is 2.13. The Balaban J connectivity index is 0.00000529. The Kier molecular flexibility index (Phi) is 11.2. The second kappa shape index (κ2) is 11.6. The molecule has 1 rings (SSSR count). The fourth-order valence-corrected chi connectivity index (χ4v) is 2.46. The van der Waals surface area contributed by atoms with Crippen molar-refractivity contribution in [2.45, 2.75) is 39.8 Å². The number of guanidine groups is 1. The molecule has 1 aromatic rings. The molecule has 1 atom stereocenters. The molecule has 138 valence electrons. The van der Waals surface area contributed by atoms with E-state index in [0.717, 1.165) is 24.5 Å². The van der Waals surface area contributed by atoms with Crippen LogP contribution in [0.3, 0.4) is 0 Å². The minimum absolute atomic E-state index is 0. The van der Waals surface area contributed by atoms with Crippen molar-refractivity contribution in [2.75, 3.05) is 27.7 Å². The lowest BCUT2D eigenvalue weighted by Crippen LogP contribution is -2.45. The van der Waals surface area contributed by atoms with Crippen LogP contribution in [0.4, 0.5) is 4.39 Å². The Labute approximate surface area is 163 Å². The van der Waals surface area contributed by atoms with E-state index >= 15 is 0 Å². The number of hydrogen-bond acceptors (Lipinski definition) is 2. The van der Waals surface area contributed by atoms with Gasteiger partial charge in [-0.05, 0) is 50.6 Å². The maximum absolute atomic E-state index is 13.3. The molecule has 24 heavy (non-hydrogen) atoms. The summed E-state index contributed by atoms with van der Waals surface area (Å²) in [5.41, 5.74) is 1.70. The van der Waals surface area contributed by atoms with E-state index in [1.807, 2.05) is 6.07 Å². The van der Waals surface area contributed by atoms with Gasteiger partial charge < -0.3 is 15.5 Å². The van der Waals surface area contributed by atoms with Gasteiger partial charge in [0, 0.05) is 26.2 Å². The van der Waals surface area contributed by atoms with Gasteiger partial charge in [-0.3, -0.25) is 4.99 Å². The highest BCUT2D eigenvalue weighted by Crippen LogP contribution is 2.09. The average Bonchev–Trinajstić information content (AvgIpc) is 2.49. The summed E-state index contributed by atoms with van der Waals surface area (Å²) in [4.78, 5) is 6.50. The third kappa shape index (κ3) is 8.28. The lowest BCUT2D eigenvalue weighted by atomic mass is 10.0. The molecule has 2 N–H and O–H groups in total. The highest BCUT2D eigenvalue weighted by atomic mass is 127. The van der Waals surface area contributed by atoms with Crippen LogP contribution >= 0.6 is 24.0 Å². The molecule has 0 heterocycles. The number of nitrogens with zero attached hydrogens (tertiary/aromatic N) is 2. The van der Waals surface area contributed by atoms with E-state index < -0.39 is 0 Å². The summed E-state index contributed by atoms with van der Waals surface area (Å²) in [6.07, 6.45) is 1.13. The van der Waals surface area contributed by atoms with Gasteiger partial charge in [0.05, 0.1) is 0 Å². The van der Waals surface area contributed by atoms with Crippen molar-refractivity contribution >= 4 is 29.9 Å². The first-order valence-electron chi connectivity index (χ1n) is 8.19. The molecule has 1 aromatic carbocycles. The van der Waals surface area contributed by atoms with Gasteiger partial charge in [-0.25, -0.2) is 4.39 Å². The molecule has 0 fully saturated rings. The zero-order chi connectivity index (χ0) is 17.4. The molecule has 0 bridgehead atoms. The van der Waals surface area contributed by atoms with Gasteiger partial charge in [-0.1, -0.05) is 26.0 Å². The van der Waals surface area contributed by atoms with E-state index in [1.54, 1.807) is 20.0 Å². The van der Waals surface area contributed by atoms with Crippen LogP contribution in [0.25, 0.3) is 0 Å². The summed E-state index contributed by atoms with van der Waals surface area (Å²) < 4.78 is 13.3.